The van der Waals surface area contributed by atoms with Gasteiger partial charge < -0.3 is 9.47 Å². The summed E-state index contributed by atoms with van der Waals surface area (Å²) in [6.07, 6.45) is -0.173. The third-order valence-corrected chi connectivity index (χ3v) is 3.08. The van der Waals surface area contributed by atoms with Crippen LogP contribution in [0.25, 0.3) is 0 Å². The highest BCUT2D eigenvalue weighted by atomic mass is 32.2. The monoisotopic (exact) mass is 316 g/mol. The van der Waals surface area contributed by atoms with E-state index in [1.807, 2.05) is 6.92 Å². The lowest BCUT2D eigenvalue weighted by molar-refractivity contribution is -0.151. The maximum Gasteiger partial charge on any atom is 0.337 e. The van der Waals surface area contributed by atoms with Gasteiger partial charge in [0.1, 0.15) is 5.75 Å². The summed E-state index contributed by atoms with van der Waals surface area (Å²) in [5.74, 6) is 0.00905. The van der Waals surface area contributed by atoms with Gasteiger partial charge in [0, 0.05) is 6.42 Å². The smallest absolute Gasteiger partial charge is 0.337 e. The highest BCUT2D eigenvalue weighted by molar-refractivity contribution is 7.86. The molecule has 1 atom stereocenters. The molecule has 7 heteroatoms. The Hall–Kier alpha value is -1.60. The Morgan fingerprint density at radius 1 is 1.14 bits per heavy atom. The molecule has 21 heavy (non-hydrogen) atoms. The van der Waals surface area contributed by atoms with Gasteiger partial charge in [0.25, 0.3) is 10.1 Å². The van der Waals surface area contributed by atoms with Crippen molar-refractivity contribution in [1.29, 1.82) is 0 Å². The zero-order valence-electron chi connectivity index (χ0n) is 12.4. The largest absolute Gasteiger partial charge is 0.494 e. The lowest BCUT2D eigenvalue weighted by atomic mass is 10.1. The maximum atomic E-state index is 11.8. The number of rotatable bonds is 8. The first-order valence-corrected chi connectivity index (χ1v) is 8.44. The second-order valence-electron chi connectivity index (χ2n) is 4.32. The SMILES string of the molecule is CCOC(=O)C(Cc1ccc(OCC)cc1)OS(C)(=O)=O. The molecule has 0 radical (unpaired) electrons. The van der Waals surface area contributed by atoms with Gasteiger partial charge in [0.15, 0.2) is 6.10 Å². The molecule has 0 amide bonds. The molecule has 1 aromatic carbocycles. The van der Waals surface area contributed by atoms with Gasteiger partial charge >= 0.3 is 5.97 Å². The molecule has 0 spiro atoms. The number of ether oxygens (including phenoxy) is 2. The van der Waals surface area contributed by atoms with Gasteiger partial charge in [-0.15, -0.1) is 0 Å². The topological polar surface area (TPSA) is 78.9 Å². The Labute approximate surface area is 125 Å². The van der Waals surface area contributed by atoms with Crippen molar-refractivity contribution >= 4 is 16.1 Å². The van der Waals surface area contributed by atoms with Crippen LogP contribution in [0, 0.1) is 0 Å². The Balaban J connectivity index is 2.82. The highest BCUT2D eigenvalue weighted by Crippen LogP contribution is 2.15. The fourth-order valence-corrected chi connectivity index (χ4v) is 2.27. The zero-order valence-corrected chi connectivity index (χ0v) is 13.2. The first-order valence-electron chi connectivity index (χ1n) is 6.62. The van der Waals surface area contributed by atoms with Crippen LogP contribution in [-0.2, 0) is 30.3 Å². The van der Waals surface area contributed by atoms with E-state index in [0.717, 1.165) is 11.8 Å². The molecule has 1 rings (SSSR count). The van der Waals surface area contributed by atoms with E-state index in [0.29, 0.717) is 12.4 Å². The minimum Gasteiger partial charge on any atom is -0.494 e. The molecular weight excluding hydrogens is 296 g/mol. The third kappa shape index (κ3) is 6.59. The molecule has 0 fully saturated rings. The van der Waals surface area contributed by atoms with Crippen LogP contribution in [0.5, 0.6) is 5.75 Å². The Kier molecular flexibility index (Phi) is 6.64. The van der Waals surface area contributed by atoms with E-state index in [-0.39, 0.29) is 13.0 Å². The summed E-state index contributed by atoms with van der Waals surface area (Å²) < 4.78 is 37.4. The lowest BCUT2D eigenvalue weighted by Gasteiger charge is -2.15. The molecule has 0 heterocycles. The van der Waals surface area contributed by atoms with Crippen LogP contribution in [0.4, 0.5) is 0 Å². The van der Waals surface area contributed by atoms with Crippen LogP contribution in [0.2, 0.25) is 0 Å². The zero-order chi connectivity index (χ0) is 15.9. The van der Waals surface area contributed by atoms with E-state index >= 15 is 0 Å². The number of esters is 1. The van der Waals surface area contributed by atoms with Crippen LogP contribution in [0.3, 0.4) is 0 Å². The van der Waals surface area contributed by atoms with Gasteiger partial charge in [-0.2, -0.15) is 8.42 Å². The van der Waals surface area contributed by atoms with Crippen molar-refractivity contribution in [2.75, 3.05) is 19.5 Å². The summed E-state index contributed by atoms with van der Waals surface area (Å²) >= 11 is 0. The number of carbonyl (C=O) groups is 1. The molecule has 0 aliphatic heterocycles. The molecule has 0 aromatic heterocycles. The van der Waals surface area contributed by atoms with Crippen LogP contribution >= 0.6 is 0 Å². The molecule has 0 saturated carbocycles. The van der Waals surface area contributed by atoms with E-state index in [1.54, 1.807) is 31.2 Å². The number of hydrogen-bond acceptors (Lipinski definition) is 6. The van der Waals surface area contributed by atoms with Gasteiger partial charge in [-0.05, 0) is 31.5 Å². The average Bonchev–Trinajstić information content (AvgIpc) is 2.39. The number of benzene rings is 1. The molecule has 118 valence electrons. The predicted octanol–water partition coefficient (Wildman–Crippen LogP) is 1.54. The van der Waals surface area contributed by atoms with E-state index in [2.05, 4.69) is 0 Å². The number of hydrogen-bond donors (Lipinski definition) is 0. The van der Waals surface area contributed by atoms with Gasteiger partial charge in [0.2, 0.25) is 0 Å². The highest BCUT2D eigenvalue weighted by Gasteiger charge is 2.25. The molecule has 0 aliphatic carbocycles. The fraction of sp³-hybridized carbons (Fsp3) is 0.500. The summed E-state index contributed by atoms with van der Waals surface area (Å²) in [7, 11) is -3.75. The van der Waals surface area contributed by atoms with E-state index < -0.39 is 22.2 Å². The Bertz CT molecular complexity index is 549. The summed E-state index contributed by atoms with van der Waals surface area (Å²) in [5.41, 5.74) is 0.750. The molecule has 0 aliphatic rings. The second kappa shape index (κ2) is 7.99. The van der Waals surface area contributed by atoms with E-state index in [9.17, 15) is 13.2 Å². The first-order chi connectivity index (χ1) is 9.85. The van der Waals surface area contributed by atoms with Crippen LogP contribution in [-0.4, -0.2) is 40.0 Å². The van der Waals surface area contributed by atoms with Crippen LogP contribution in [0.1, 0.15) is 19.4 Å². The molecular formula is C14H20O6S. The molecule has 1 unspecified atom stereocenters. The van der Waals surface area contributed by atoms with Gasteiger partial charge in [-0.3, -0.25) is 4.18 Å². The van der Waals surface area contributed by atoms with Gasteiger partial charge in [-0.1, -0.05) is 12.1 Å². The molecule has 1 aromatic rings. The van der Waals surface area contributed by atoms with Crippen LogP contribution < -0.4 is 4.74 Å². The van der Waals surface area contributed by atoms with Crippen molar-refractivity contribution in [3.05, 3.63) is 29.8 Å². The van der Waals surface area contributed by atoms with Gasteiger partial charge in [-0.25, -0.2) is 4.79 Å². The van der Waals surface area contributed by atoms with Crippen molar-refractivity contribution in [1.82, 2.24) is 0 Å². The quantitative estimate of drug-likeness (QED) is 0.534. The van der Waals surface area contributed by atoms with Crippen molar-refractivity contribution in [3.63, 3.8) is 0 Å². The average molecular weight is 316 g/mol. The molecule has 0 bridgehead atoms. The third-order valence-electron chi connectivity index (χ3n) is 2.50. The van der Waals surface area contributed by atoms with Crippen molar-refractivity contribution in [2.24, 2.45) is 0 Å². The second-order valence-corrected chi connectivity index (χ2v) is 5.92. The summed E-state index contributed by atoms with van der Waals surface area (Å²) in [4.78, 5) is 11.8. The predicted molar refractivity (Wildman–Crippen MR) is 77.7 cm³/mol. The lowest BCUT2D eigenvalue weighted by Crippen LogP contribution is -2.31. The normalized spacial score (nSPS) is 12.7. The van der Waals surface area contributed by atoms with Crippen molar-refractivity contribution in [2.45, 2.75) is 26.4 Å². The molecule has 0 N–H and O–H groups in total. The van der Waals surface area contributed by atoms with Crippen LogP contribution in [0.15, 0.2) is 24.3 Å². The molecule has 6 nitrogen and oxygen atoms in total. The van der Waals surface area contributed by atoms with Crippen molar-refractivity contribution < 1.29 is 26.9 Å². The van der Waals surface area contributed by atoms with Gasteiger partial charge in [0.05, 0.1) is 19.5 Å². The van der Waals surface area contributed by atoms with Crippen molar-refractivity contribution in [3.8, 4) is 5.75 Å². The van der Waals surface area contributed by atoms with E-state index in [1.165, 1.54) is 0 Å². The summed E-state index contributed by atoms with van der Waals surface area (Å²) in [6, 6.07) is 7.01. The maximum absolute atomic E-state index is 11.8. The van der Waals surface area contributed by atoms with E-state index in [4.69, 9.17) is 13.7 Å². The Morgan fingerprint density at radius 3 is 2.24 bits per heavy atom. The number of carbonyl (C=O) groups excluding carboxylic acids is 1. The summed E-state index contributed by atoms with van der Waals surface area (Å²) in [5, 5.41) is 0. The molecule has 0 saturated heterocycles. The Morgan fingerprint density at radius 2 is 1.76 bits per heavy atom. The fourth-order valence-electron chi connectivity index (χ4n) is 1.71. The summed E-state index contributed by atoms with van der Waals surface area (Å²) in [6.45, 7) is 4.24. The standard InChI is InChI=1S/C14H20O6S/c1-4-18-12-8-6-11(7-9-12)10-13(14(15)19-5-2)20-21(3,16)17/h6-9,13H,4-5,10H2,1-3H3. The first kappa shape index (κ1) is 17.5. The minimum atomic E-state index is -3.75. The minimum absolute atomic E-state index is 0.109.